The molecule has 2 rings (SSSR count). The second-order valence-electron chi connectivity index (χ2n) is 5.66. The van der Waals surface area contributed by atoms with E-state index in [1.54, 1.807) is 7.11 Å². The lowest BCUT2D eigenvalue weighted by Gasteiger charge is -2.29. The third-order valence-electron chi connectivity index (χ3n) is 4.26. The molecule has 0 aliphatic carbocycles. The number of aryl methyl sites for hydroxylation is 2. The number of hydrogen-bond acceptors (Lipinski definition) is 3. The Hall–Kier alpha value is -0.900. The number of benzene rings is 1. The van der Waals surface area contributed by atoms with Gasteiger partial charge in [0.15, 0.2) is 0 Å². The summed E-state index contributed by atoms with van der Waals surface area (Å²) in [6.45, 7) is 8.15. The summed E-state index contributed by atoms with van der Waals surface area (Å²) in [5.41, 5.74) is 10.2. The summed E-state index contributed by atoms with van der Waals surface area (Å²) in [4.78, 5) is 2.53. The first kappa shape index (κ1) is 14.5. The molecular weight excluding hydrogens is 236 g/mol. The van der Waals surface area contributed by atoms with Crippen LogP contribution in [0.15, 0.2) is 18.2 Å². The predicted molar refractivity (Wildman–Crippen MR) is 79.3 cm³/mol. The molecule has 1 aliphatic rings. The maximum absolute atomic E-state index is 6.07. The fourth-order valence-corrected chi connectivity index (χ4v) is 3.32. The van der Waals surface area contributed by atoms with Crippen LogP contribution in [0.2, 0.25) is 0 Å². The molecule has 3 nitrogen and oxygen atoms in total. The van der Waals surface area contributed by atoms with E-state index in [0.29, 0.717) is 18.5 Å². The Morgan fingerprint density at radius 2 is 2.05 bits per heavy atom. The average molecular weight is 262 g/mol. The minimum atomic E-state index is 0.350. The smallest absolute Gasteiger partial charge is 0.0503 e. The molecule has 1 aromatic rings. The number of hydrogen-bond donors (Lipinski definition) is 1. The van der Waals surface area contributed by atoms with Crippen molar-refractivity contribution >= 4 is 0 Å². The fourth-order valence-electron chi connectivity index (χ4n) is 3.32. The Morgan fingerprint density at radius 1 is 1.37 bits per heavy atom. The second kappa shape index (κ2) is 6.51. The highest BCUT2D eigenvalue weighted by Gasteiger charge is 2.29. The zero-order valence-corrected chi connectivity index (χ0v) is 12.4. The maximum atomic E-state index is 6.07. The van der Waals surface area contributed by atoms with Crippen LogP contribution < -0.4 is 5.73 Å². The van der Waals surface area contributed by atoms with Gasteiger partial charge in [0.25, 0.3) is 0 Å². The molecule has 2 unspecified atom stereocenters. The second-order valence-corrected chi connectivity index (χ2v) is 5.66. The highest BCUT2D eigenvalue weighted by molar-refractivity contribution is 5.36. The predicted octanol–water partition coefficient (Wildman–Crippen LogP) is 2.27. The topological polar surface area (TPSA) is 38.5 Å². The molecule has 1 aliphatic heterocycles. The Morgan fingerprint density at radius 3 is 2.63 bits per heavy atom. The van der Waals surface area contributed by atoms with Gasteiger partial charge in [0.1, 0.15) is 0 Å². The summed E-state index contributed by atoms with van der Waals surface area (Å²) in [5, 5.41) is 0. The number of ether oxygens (including phenoxy) is 1. The lowest BCUT2D eigenvalue weighted by atomic mass is 9.95. The van der Waals surface area contributed by atoms with Crippen LogP contribution in [0.1, 0.15) is 29.2 Å². The first-order valence-electron chi connectivity index (χ1n) is 7.16. The van der Waals surface area contributed by atoms with E-state index in [-0.39, 0.29) is 0 Å². The van der Waals surface area contributed by atoms with E-state index in [1.165, 1.54) is 23.1 Å². The number of nitrogens with zero attached hydrogens (tertiary/aromatic N) is 1. The molecule has 0 spiro atoms. The Kier molecular flexibility index (Phi) is 4.97. The molecule has 1 heterocycles. The van der Waals surface area contributed by atoms with Crippen LogP contribution in [0.5, 0.6) is 0 Å². The summed E-state index contributed by atoms with van der Waals surface area (Å²) in [5.74, 6) is 0.656. The van der Waals surface area contributed by atoms with E-state index >= 15 is 0 Å². The van der Waals surface area contributed by atoms with Gasteiger partial charge >= 0.3 is 0 Å². The Labute approximate surface area is 116 Å². The lowest BCUT2D eigenvalue weighted by Crippen LogP contribution is -2.33. The first-order valence-corrected chi connectivity index (χ1v) is 7.16. The third-order valence-corrected chi connectivity index (χ3v) is 4.26. The molecule has 0 saturated carbocycles. The molecule has 3 heteroatoms. The molecule has 0 bridgehead atoms. The SMILES string of the molecule is COCC1CCN(C(CN)c2c(C)cccc2C)C1. The van der Waals surface area contributed by atoms with Gasteiger partial charge in [-0.05, 0) is 49.4 Å². The quantitative estimate of drug-likeness (QED) is 0.884. The molecule has 0 amide bonds. The summed E-state index contributed by atoms with van der Waals surface area (Å²) >= 11 is 0. The van der Waals surface area contributed by atoms with Crippen molar-refractivity contribution in [3.8, 4) is 0 Å². The van der Waals surface area contributed by atoms with E-state index in [9.17, 15) is 0 Å². The van der Waals surface area contributed by atoms with Crippen molar-refractivity contribution in [1.82, 2.24) is 4.90 Å². The molecule has 0 radical (unpaired) electrons. The van der Waals surface area contributed by atoms with E-state index in [0.717, 1.165) is 19.7 Å². The minimum Gasteiger partial charge on any atom is -0.384 e. The molecule has 1 fully saturated rings. The number of nitrogens with two attached hydrogens (primary N) is 1. The Bertz CT molecular complexity index is 399. The average Bonchev–Trinajstić information content (AvgIpc) is 2.83. The Balaban J connectivity index is 2.17. The summed E-state index contributed by atoms with van der Waals surface area (Å²) in [6.07, 6.45) is 1.22. The van der Waals surface area contributed by atoms with Crippen LogP contribution >= 0.6 is 0 Å². The highest BCUT2D eigenvalue weighted by atomic mass is 16.5. The fraction of sp³-hybridized carbons (Fsp3) is 0.625. The van der Waals surface area contributed by atoms with E-state index in [2.05, 4.69) is 36.9 Å². The first-order chi connectivity index (χ1) is 9.17. The molecule has 1 saturated heterocycles. The van der Waals surface area contributed by atoms with E-state index < -0.39 is 0 Å². The minimum absolute atomic E-state index is 0.350. The number of methoxy groups -OCH3 is 1. The van der Waals surface area contributed by atoms with Crippen molar-refractivity contribution in [1.29, 1.82) is 0 Å². The van der Waals surface area contributed by atoms with Gasteiger partial charge in [-0.15, -0.1) is 0 Å². The molecule has 2 atom stereocenters. The van der Waals surface area contributed by atoms with Crippen molar-refractivity contribution in [3.63, 3.8) is 0 Å². The third kappa shape index (κ3) is 3.16. The molecular formula is C16H26N2O. The van der Waals surface area contributed by atoms with Gasteiger partial charge in [-0.1, -0.05) is 18.2 Å². The largest absolute Gasteiger partial charge is 0.384 e. The van der Waals surface area contributed by atoms with Gasteiger partial charge in [-0.25, -0.2) is 0 Å². The number of rotatable bonds is 5. The van der Waals surface area contributed by atoms with Crippen molar-refractivity contribution in [2.45, 2.75) is 26.3 Å². The molecule has 1 aromatic carbocycles. The van der Waals surface area contributed by atoms with Gasteiger partial charge in [-0.2, -0.15) is 0 Å². The van der Waals surface area contributed by atoms with Crippen molar-refractivity contribution in [2.75, 3.05) is 33.4 Å². The summed E-state index contributed by atoms with van der Waals surface area (Å²) < 4.78 is 5.28. The van der Waals surface area contributed by atoms with Crippen molar-refractivity contribution < 1.29 is 4.74 Å². The van der Waals surface area contributed by atoms with Gasteiger partial charge in [0, 0.05) is 26.2 Å². The molecule has 0 aromatic heterocycles. The molecule has 19 heavy (non-hydrogen) atoms. The van der Waals surface area contributed by atoms with Crippen LogP contribution in [-0.4, -0.2) is 38.3 Å². The summed E-state index contributed by atoms with van der Waals surface area (Å²) in [6, 6.07) is 6.85. The molecule has 2 N–H and O–H groups in total. The summed E-state index contributed by atoms with van der Waals surface area (Å²) in [7, 11) is 1.79. The van der Waals surface area contributed by atoms with E-state index in [4.69, 9.17) is 10.5 Å². The van der Waals surface area contributed by atoms with Gasteiger partial charge in [-0.3, -0.25) is 4.90 Å². The van der Waals surface area contributed by atoms with E-state index in [1.807, 2.05) is 0 Å². The van der Waals surface area contributed by atoms with Crippen LogP contribution in [0, 0.1) is 19.8 Å². The van der Waals surface area contributed by atoms with Gasteiger partial charge in [0.2, 0.25) is 0 Å². The standard InChI is InChI=1S/C16H26N2O/c1-12-5-4-6-13(2)16(12)15(9-17)18-8-7-14(10-18)11-19-3/h4-6,14-15H,7-11,17H2,1-3H3. The van der Waals surface area contributed by atoms with Gasteiger partial charge in [0.05, 0.1) is 6.61 Å². The monoisotopic (exact) mass is 262 g/mol. The van der Waals surface area contributed by atoms with Crippen LogP contribution in [-0.2, 0) is 4.74 Å². The zero-order chi connectivity index (χ0) is 13.8. The molecule has 106 valence electrons. The van der Waals surface area contributed by atoms with Crippen LogP contribution in [0.4, 0.5) is 0 Å². The van der Waals surface area contributed by atoms with Crippen LogP contribution in [0.25, 0.3) is 0 Å². The zero-order valence-electron chi connectivity index (χ0n) is 12.4. The number of likely N-dealkylation sites (tertiary alicyclic amines) is 1. The van der Waals surface area contributed by atoms with Crippen molar-refractivity contribution in [2.24, 2.45) is 11.7 Å². The maximum Gasteiger partial charge on any atom is 0.0503 e. The highest BCUT2D eigenvalue weighted by Crippen LogP contribution is 2.30. The van der Waals surface area contributed by atoms with Crippen LogP contribution in [0.3, 0.4) is 0 Å². The lowest BCUT2D eigenvalue weighted by molar-refractivity contribution is 0.147. The van der Waals surface area contributed by atoms with Gasteiger partial charge < -0.3 is 10.5 Å². The normalized spacial score (nSPS) is 21.8. The van der Waals surface area contributed by atoms with Crippen molar-refractivity contribution in [3.05, 3.63) is 34.9 Å².